The number of hydrogen-bond donors (Lipinski definition) is 2. The highest BCUT2D eigenvalue weighted by atomic mass is 127. The van der Waals surface area contributed by atoms with Crippen molar-refractivity contribution in [3.05, 3.63) is 35.9 Å². The predicted molar refractivity (Wildman–Crippen MR) is 123 cm³/mol. The number of benzene rings is 1. The summed E-state index contributed by atoms with van der Waals surface area (Å²) >= 11 is 0. The number of nitrogens with one attached hydrogen (secondary N) is 2. The number of aliphatic imine (C=N–C) groups is 1. The average Bonchev–Trinajstić information content (AvgIpc) is 3.40. The van der Waals surface area contributed by atoms with Gasteiger partial charge in [-0.1, -0.05) is 30.3 Å². The van der Waals surface area contributed by atoms with Crippen LogP contribution in [-0.2, 0) is 11.3 Å². The Morgan fingerprint density at radius 1 is 1.26 bits per heavy atom. The molecule has 2 N–H and O–H groups in total. The van der Waals surface area contributed by atoms with E-state index in [2.05, 4.69) is 64.7 Å². The molecule has 3 rings (SSSR count). The van der Waals surface area contributed by atoms with Gasteiger partial charge in [-0.25, -0.2) is 0 Å². The first-order valence-electron chi connectivity index (χ1n) is 10.1. The lowest BCUT2D eigenvalue weighted by Gasteiger charge is -2.21. The second-order valence-corrected chi connectivity index (χ2v) is 7.62. The molecule has 2 atom stereocenters. The molecule has 1 saturated heterocycles. The molecule has 2 unspecified atom stereocenters. The summed E-state index contributed by atoms with van der Waals surface area (Å²) < 4.78 is 5.69. The zero-order chi connectivity index (χ0) is 18.2. The van der Waals surface area contributed by atoms with E-state index >= 15 is 0 Å². The van der Waals surface area contributed by atoms with Crippen molar-refractivity contribution in [1.82, 2.24) is 15.5 Å². The zero-order valence-corrected chi connectivity index (χ0v) is 19.0. The maximum absolute atomic E-state index is 5.69. The van der Waals surface area contributed by atoms with Gasteiger partial charge in [0.1, 0.15) is 0 Å². The molecular formula is C21H35IN4O. The van der Waals surface area contributed by atoms with E-state index in [1.54, 1.807) is 0 Å². The van der Waals surface area contributed by atoms with Crippen molar-refractivity contribution >= 4 is 29.9 Å². The van der Waals surface area contributed by atoms with Crippen LogP contribution in [0, 0.1) is 5.92 Å². The van der Waals surface area contributed by atoms with Crippen LogP contribution >= 0.6 is 24.0 Å². The van der Waals surface area contributed by atoms with Crippen LogP contribution < -0.4 is 10.6 Å². The van der Waals surface area contributed by atoms with E-state index in [0.29, 0.717) is 18.7 Å². The number of guanidine groups is 1. The Kier molecular flexibility index (Phi) is 9.86. The van der Waals surface area contributed by atoms with E-state index in [-0.39, 0.29) is 24.0 Å². The SMILES string of the molecule is CCNC(=NCCOCC1CC1)NC1CC(C)N(Cc2ccccc2)C1.I. The molecule has 27 heavy (non-hydrogen) atoms. The average molecular weight is 486 g/mol. The van der Waals surface area contributed by atoms with Crippen LogP contribution in [0.5, 0.6) is 0 Å². The van der Waals surface area contributed by atoms with Crippen LogP contribution in [0.3, 0.4) is 0 Å². The van der Waals surface area contributed by atoms with Crippen molar-refractivity contribution < 1.29 is 4.74 Å². The lowest BCUT2D eigenvalue weighted by Crippen LogP contribution is -2.44. The Balaban J connectivity index is 0.00000261. The molecule has 5 nitrogen and oxygen atoms in total. The summed E-state index contributed by atoms with van der Waals surface area (Å²) in [6.07, 6.45) is 3.83. The minimum atomic E-state index is 0. The van der Waals surface area contributed by atoms with Gasteiger partial charge >= 0.3 is 0 Å². The summed E-state index contributed by atoms with van der Waals surface area (Å²) in [6.45, 7) is 9.73. The van der Waals surface area contributed by atoms with E-state index < -0.39 is 0 Å². The topological polar surface area (TPSA) is 48.9 Å². The fraction of sp³-hybridized carbons (Fsp3) is 0.667. The number of likely N-dealkylation sites (tertiary alicyclic amines) is 1. The summed E-state index contributed by atoms with van der Waals surface area (Å²) in [4.78, 5) is 7.23. The Morgan fingerprint density at radius 2 is 2.04 bits per heavy atom. The minimum absolute atomic E-state index is 0. The second-order valence-electron chi connectivity index (χ2n) is 7.62. The first-order chi connectivity index (χ1) is 12.7. The lowest BCUT2D eigenvalue weighted by atomic mass is 10.2. The third-order valence-electron chi connectivity index (χ3n) is 5.17. The Bertz CT molecular complexity index is 565. The van der Waals surface area contributed by atoms with Crippen molar-refractivity contribution in [3.8, 4) is 0 Å². The molecular weight excluding hydrogens is 451 g/mol. The summed E-state index contributed by atoms with van der Waals surface area (Å²) in [5, 5.41) is 6.98. The molecule has 1 saturated carbocycles. The van der Waals surface area contributed by atoms with Crippen molar-refractivity contribution in [1.29, 1.82) is 0 Å². The van der Waals surface area contributed by atoms with Crippen molar-refractivity contribution in [2.45, 2.75) is 51.7 Å². The summed E-state index contributed by atoms with van der Waals surface area (Å²) in [7, 11) is 0. The molecule has 1 heterocycles. The van der Waals surface area contributed by atoms with Gasteiger partial charge in [0.25, 0.3) is 0 Å². The van der Waals surface area contributed by atoms with Gasteiger partial charge in [0, 0.05) is 38.3 Å². The van der Waals surface area contributed by atoms with Crippen LogP contribution in [-0.4, -0.2) is 55.8 Å². The molecule has 1 aromatic carbocycles. The highest BCUT2D eigenvalue weighted by Crippen LogP contribution is 2.28. The van der Waals surface area contributed by atoms with Crippen LogP contribution in [0.4, 0.5) is 0 Å². The summed E-state index contributed by atoms with van der Waals surface area (Å²) in [6, 6.07) is 11.8. The molecule has 1 aliphatic carbocycles. The van der Waals surface area contributed by atoms with Gasteiger partial charge in [0.05, 0.1) is 13.2 Å². The fourth-order valence-electron chi connectivity index (χ4n) is 3.51. The van der Waals surface area contributed by atoms with Gasteiger partial charge in [-0.3, -0.25) is 9.89 Å². The lowest BCUT2D eigenvalue weighted by molar-refractivity contribution is 0.131. The molecule has 0 aromatic heterocycles. The first-order valence-corrected chi connectivity index (χ1v) is 10.1. The number of nitrogens with zero attached hydrogens (tertiary/aromatic N) is 2. The quantitative estimate of drug-likeness (QED) is 0.244. The van der Waals surface area contributed by atoms with Crippen molar-refractivity contribution in [2.24, 2.45) is 10.9 Å². The monoisotopic (exact) mass is 486 g/mol. The van der Waals surface area contributed by atoms with Crippen LogP contribution in [0.15, 0.2) is 35.3 Å². The van der Waals surface area contributed by atoms with Gasteiger partial charge in [0.2, 0.25) is 0 Å². The predicted octanol–water partition coefficient (Wildman–Crippen LogP) is 3.25. The van der Waals surface area contributed by atoms with Crippen molar-refractivity contribution in [3.63, 3.8) is 0 Å². The zero-order valence-electron chi connectivity index (χ0n) is 16.7. The van der Waals surface area contributed by atoms with Gasteiger partial charge in [-0.2, -0.15) is 0 Å². The molecule has 0 radical (unpaired) electrons. The molecule has 0 amide bonds. The Labute approximate surface area is 181 Å². The Morgan fingerprint density at radius 3 is 2.74 bits per heavy atom. The number of hydrogen-bond acceptors (Lipinski definition) is 3. The molecule has 2 fully saturated rings. The molecule has 2 aliphatic rings. The molecule has 1 aliphatic heterocycles. The van der Waals surface area contributed by atoms with Crippen LogP contribution in [0.2, 0.25) is 0 Å². The minimum Gasteiger partial charge on any atom is -0.379 e. The third kappa shape index (κ3) is 7.95. The van der Waals surface area contributed by atoms with Gasteiger partial charge in [0.15, 0.2) is 5.96 Å². The molecule has 1 aromatic rings. The molecule has 0 bridgehead atoms. The van der Waals surface area contributed by atoms with Gasteiger partial charge < -0.3 is 15.4 Å². The van der Waals surface area contributed by atoms with E-state index in [0.717, 1.165) is 51.1 Å². The van der Waals surface area contributed by atoms with Crippen molar-refractivity contribution in [2.75, 3.05) is 32.8 Å². The summed E-state index contributed by atoms with van der Waals surface area (Å²) in [5.41, 5.74) is 1.38. The standard InChI is InChI=1S/C21H34N4O.HI/c1-3-22-21(23-11-12-26-16-19-9-10-19)24-20-13-17(2)25(15-20)14-18-7-5-4-6-8-18;/h4-8,17,19-20H,3,9-16H2,1-2H3,(H2,22,23,24);1H. The molecule has 152 valence electrons. The maximum atomic E-state index is 5.69. The first kappa shape index (κ1) is 22.4. The van der Waals surface area contributed by atoms with E-state index in [4.69, 9.17) is 4.74 Å². The van der Waals surface area contributed by atoms with E-state index in [1.807, 2.05) is 0 Å². The van der Waals surface area contributed by atoms with E-state index in [9.17, 15) is 0 Å². The molecule has 6 heteroatoms. The normalized spacial score (nSPS) is 23.1. The molecule has 0 spiro atoms. The number of halogens is 1. The fourth-order valence-corrected chi connectivity index (χ4v) is 3.51. The largest absolute Gasteiger partial charge is 0.379 e. The smallest absolute Gasteiger partial charge is 0.191 e. The third-order valence-corrected chi connectivity index (χ3v) is 5.17. The van der Waals surface area contributed by atoms with E-state index in [1.165, 1.54) is 18.4 Å². The second kappa shape index (κ2) is 11.9. The van der Waals surface area contributed by atoms with Crippen LogP contribution in [0.25, 0.3) is 0 Å². The Hall–Kier alpha value is -0.860. The number of ether oxygens (including phenoxy) is 1. The maximum Gasteiger partial charge on any atom is 0.191 e. The van der Waals surface area contributed by atoms with Gasteiger partial charge in [-0.05, 0) is 44.6 Å². The highest BCUT2D eigenvalue weighted by Gasteiger charge is 2.29. The highest BCUT2D eigenvalue weighted by molar-refractivity contribution is 14.0. The van der Waals surface area contributed by atoms with Crippen LogP contribution in [0.1, 0.15) is 38.7 Å². The number of rotatable bonds is 9. The van der Waals surface area contributed by atoms with Gasteiger partial charge in [-0.15, -0.1) is 24.0 Å². The summed E-state index contributed by atoms with van der Waals surface area (Å²) in [5.74, 6) is 1.74.